The summed E-state index contributed by atoms with van der Waals surface area (Å²) in [5, 5.41) is 13.8. The second-order valence-electron chi connectivity index (χ2n) is 5.55. The summed E-state index contributed by atoms with van der Waals surface area (Å²) in [5.74, 6) is 1.02. The van der Waals surface area contributed by atoms with Crippen molar-refractivity contribution in [2.75, 3.05) is 18.4 Å². The van der Waals surface area contributed by atoms with Crippen LogP contribution in [0.2, 0.25) is 0 Å². The third-order valence-electron chi connectivity index (χ3n) is 3.89. The van der Waals surface area contributed by atoms with Gasteiger partial charge in [0.2, 0.25) is 0 Å². The first-order valence-electron chi connectivity index (χ1n) is 7.50. The van der Waals surface area contributed by atoms with Crippen molar-refractivity contribution in [1.29, 1.82) is 0 Å². The zero-order valence-corrected chi connectivity index (χ0v) is 12.8. The Bertz CT molecular complexity index is 743. The number of nitro groups is 1. The molecular formula is C15H17N5O4. The van der Waals surface area contributed by atoms with Crippen LogP contribution in [0.3, 0.4) is 0 Å². The molecule has 9 nitrogen and oxygen atoms in total. The molecule has 0 aromatic carbocycles. The van der Waals surface area contributed by atoms with Crippen molar-refractivity contribution >= 4 is 17.4 Å². The highest BCUT2D eigenvalue weighted by Crippen LogP contribution is 2.19. The van der Waals surface area contributed by atoms with E-state index in [1.165, 1.54) is 18.5 Å². The Kier molecular flexibility index (Phi) is 4.43. The molecule has 0 saturated carbocycles. The molecule has 2 aromatic heterocycles. The minimum Gasteiger partial charge on any atom is -0.467 e. The van der Waals surface area contributed by atoms with Crippen molar-refractivity contribution < 1.29 is 14.1 Å². The summed E-state index contributed by atoms with van der Waals surface area (Å²) in [4.78, 5) is 28.3. The van der Waals surface area contributed by atoms with Gasteiger partial charge in [0.25, 0.3) is 11.6 Å². The Labute approximate surface area is 137 Å². The molecule has 126 valence electrons. The summed E-state index contributed by atoms with van der Waals surface area (Å²) in [6.45, 7) is 1.40. The van der Waals surface area contributed by atoms with E-state index in [0.29, 0.717) is 30.2 Å². The number of likely N-dealkylation sites (tertiary alicyclic amines) is 1. The number of furan rings is 1. The number of aromatic nitrogens is 1. The summed E-state index contributed by atoms with van der Waals surface area (Å²) in [7, 11) is 0. The van der Waals surface area contributed by atoms with E-state index in [0.717, 1.165) is 6.42 Å². The molecule has 3 rings (SSSR count). The van der Waals surface area contributed by atoms with Gasteiger partial charge in [-0.15, -0.1) is 0 Å². The van der Waals surface area contributed by atoms with Crippen LogP contribution >= 0.6 is 0 Å². The first kappa shape index (κ1) is 15.9. The Hall–Kier alpha value is -2.94. The number of hydrogen-bond acceptors (Lipinski definition) is 7. The number of carbonyl (C=O) groups excluding carboxylic acids is 1. The van der Waals surface area contributed by atoms with Gasteiger partial charge in [-0.3, -0.25) is 14.9 Å². The van der Waals surface area contributed by atoms with Gasteiger partial charge < -0.3 is 20.4 Å². The molecule has 1 saturated heterocycles. The lowest BCUT2D eigenvalue weighted by Gasteiger charge is -2.16. The molecule has 1 amide bonds. The van der Waals surface area contributed by atoms with Crippen LogP contribution in [-0.4, -0.2) is 39.8 Å². The van der Waals surface area contributed by atoms with E-state index >= 15 is 0 Å². The maximum Gasteiger partial charge on any atom is 0.287 e. The maximum atomic E-state index is 12.4. The Morgan fingerprint density at radius 2 is 2.38 bits per heavy atom. The molecule has 24 heavy (non-hydrogen) atoms. The fourth-order valence-corrected chi connectivity index (χ4v) is 2.63. The molecule has 1 aliphatic heterocycles. The molecule has 0 radical (unpaired) electrons. The number of nitrogens with two attached hydrogens (primary N) is 1. The van der Waals surface area contributed by atoms with Gasteiger partial charge in [0, 0.05) is 25.2 Å². The average Bonchev–Trinajstić information content (AvgIpc) is 3.24. The van der Waals surface area contributed by atoms with Crippen molar-refractivity contribution in [2.24, 2.45) is 5.73 Å². The van der Waals surface area contributed by atoms with Crippen LogP contribution in [0.15, 0.2) is 35.1 Å². The lowest BCUT2D eigenvalue weighted by atomic mass is 10.2. The van der Waals surface area contributed by atoms with E-state index in [1.807, 2.05) is 0 Å². The van der Waals surface area contributed by atoms with Gasteiger partial charge in [0.05, 0.1) is 17.0 Å². The van der Waals surface area contributed by atoms with Crippen LogP contribution in [0.1, 0.15) is 22.5 Å². The van der Waals surface area contributed by atoms with Crippen molar-refractivity contribution in [1.82, 2.24) is 9.88 Å². The maximum absolute atomic E-state index is 12.4. The number of nitrogens with zero attached hydrogens (tertiary/aromatic N) is 3. The van der Waals surface area contributed by atoms with E-state index in [2.05, 4.69) is 10.3 Å². The van der Waals surface area contributed by atoms with E-state index in [-0.39, 0.29) is 24.2 Å². The van der Waals surface area contributed by atoms with E-state index in [4.69, 9.17) is 10.2 Å². The van der Waals surface area contributed by atoms with Gasteiger partial charge in [-0.05, 0) is 18.6 Å². The fourth-order valence-electron chi connectivity index (χ4n) is 2.63. The number of nitrogens with one attached hydrogen (secondary N) is 1. The number of rotatable bonds is 5. The monoisotopic (exact) mass is 331 g/mol. The zero-order valence-electron chi connectivity index (χ0n) is 12.8. The van der Waals surface area contributed by atoms with Crippen molar-refractivity contribution in [3.8, 4) is 0 Å². The van der Waals surface area contributed by atoms with Crippen molar-refractivity contribution in [3.63, 3.8) is 0 Å². The van der Waals surface area contributed by atoms with E-state index in [9.17, 15) is 14.9 Å². The summed E-state index contributed by atoms with van der Waals surface area (Å²) < 4.78 is 5.19. The number of carbonyl (C=O) groups is 1. The van der Waals surface area contributed by atoms with Gasteiger partial charge >= 0.3 is 0 Å². The predicted molar refractivity (Wildman–Crippen MR) is 85.4 cm³/mol. The molecule has 3 heterocycles. The van der Waals surface area contributed by atoms with Crippen LogP contribution in [-0.2, 0) is 6.54 Å². The van der Waals surface area contributed by atoms with Crippen LogP contribution in [0.5, 0.6) is 0 Å². The molecular weight excluding hydrogens is 314 g/mol. The highest BCUT2D eigenvalue weighted by Gasteiger charge is 2.28. The summed E-state index contributed by atoms with van der Waals surface area (Å²) in [6, 6.07) is 4.66. The summed E-state index contributed by atoms with van der Waals surface area (Å²) in [6.07, 6.45) is 3.40. The third-order valence-corrected chi connectivity index (χ3v) is 3.89. The second-order valence-corrected chi connectivity index (χ2v) is 5.55. The summed E-state index contributed by atoms with van der Waals surface area (Å²) >= 11 is 0. The quantitative estimate of drug-likeness (QED) is 0.625. The predicted octanol–water partition coefficient (Wildman–Crippen LogP) is 1.37. The Balaban J connectivity index is 1.58. The molecule has 0 bridgehead atoms. The smallest absolute Gasteiger partial charge is 0.287 e. The molecule has 1 fully saturated rings. The average molecular weight is 331 g/mol. The van der Waals surface area contributed by atoms with Crippen molar-refractivity contribution in [2.45, 2.75) is 19.0 Å². The molecule has 1 aliphatic rings. The normalized spacial score (nSPS) is 17.0. The van der Waals surface area contributed by atoms with Gasteiger partial charge in [-0.25, -0.2) is 4.98 Å². The highest BCUT2D eigenvalue weighted by molar-refractivity contribution is 5.94. The van der Waals surface area contributed by atoms with E-state index in [1.54, 1.807) is 17.0 Å². The molecule has 0 spiro atoms. The summed E-state index contributed by atoms with van der Waals surface area (Å²) in [5.41, 5.74) is 5.91. The van der Waals surface area contributed by atoms with Crippen molar-refractivity contribution in [3.05, 3.63) is 52.1 Å². The Morgan fingerprint density at radius 3 is 3.00 bits per heavy atom. The lowest BCUT2D eigenvalue weighted by Crippen LogP contribution is -2.31. The van der Waals surface area contributed by atoms with Crippen LogP contribution in [0, 0.1) is 10.1 Å². The second kappa shape index (κ2) is 6.67. The first-order chi connectivity index (χ1) is 11.6. The third kappa shape index (κ3) is 3.35. The lowest BCUT2D eigenvalue weighted by molar-refractivity contribution is -0.385. The number of anilines is 1. The van der Waals surface area contributed by atoms with Crippen LogP contribution in [0.4, 0.5) is 11.5 Å². The van der Waals surface area contributed by atoms with Crippen LogP contribution in [0.25, 0.3) is 0 Å². The van der Waals surface area contributed by atoms with Gasteiger partial charge in [0.15, 0.2) is 0 Å². The minimum absolute atomic E-state index is 0.0452. The molecule has 1 atom stereocenters. The van der Waals surface area contributed by atoms with Crippen LogP contribution < -0.4 is 11.1 Å². The minimum atomic E-state index is -0.493. The van der Waals surface area contributed by atoms with Gasteiger partial charge in [0.1, 0.15) is 24.0 Å². The molecule has 9 heteroatoms. The van der Waals surface area contributed by atoms with E-state index < -0.39 is 4.92 Å². The Morgan fingerprint density at radius 1 is 1.54 bits per heavy atom. The standard InChI is InChI=1S/C15H17N5O4/c16-6-13-5-10(9-24-13)15(21)19-4-3-11(8-19)18-14-2-1-12(7-17-14)20(22)23/h1-2,5,7,9,11H,3-4,6,8,16H2,(H,17,18). The number of amides is 1. The molecule has 2 aromatic rings. The topological polar surface area (TPSA) is 128 Å². The van der Waals surface area contributed by atoms with Gasteiger partial charge in [-0.1, -0.05) is 0 Å². The fraction of sp³-hybridized carbons (Fsp3) is 0.333. The number of pyridine rings is 1. The highest BCUT2D eigenvalue weighted by atomic mass is 16.6. The van der Waals surface area contributed by atoms with Gasteiger partial charge in [-0.2, -0.15) is 0 Å². The molecule has 3 N–H and O–H groups in total. The zero-order chi connectivity index (χ0) is 17.1. The first-order valence-corrected chi connectivity index (χ1v) is 7.50. The number of hydrogen-bond donors (Lipinski definition) is 2. The largest absolute Gasteiger partial charge is 0.467 e. The molecule has 0 aliphatic carbocycles. The molecule has 1 unspecified atom stereocenters. The SMILES string of the molecule is NCc1cc(C(=O)N2CCC(Nc3ccc([N+](=O)[O-])cn3)C2)co1.